The fourth-order valence-electron chi connectivity index (χ4n) is 10.6. The van der Waals surface area contributed by atoms with Gasteiger partial charge < -0.3 is 58.0 Å². The molecule has 4 bridgehead atoms. The number of cyclic esters (lactones) is 1. The number of aliphatic hydroxyl groups excluding tert-OH is 1. The summed E-state index contributed by atoms with van der Waals surface area (Å²) >= 11 is 0. The van der Waals surface area contributed by atoms with Crippen LogP contribution in [-0.2, 0) is 57.0 Å². The van der Waals surface area contributed by atoms with Gasteiger partial charge in [-0.1, -0.05) is 32.9 Å². The van der Waals surface area contributed by atoms with Crippen LogP contribution in [0.15, 0.2) is 30.5 Å². The van der Waals surface area contributed by atoms with E-state index < -0.39 is 108 Å². The first-order valence-corrected chi connectivity index (χ1v) is 23.7. The number of hydrogen-bond acceptors (Lipinski definition) is 16. The topological polar surface area (TPSA) is 207 Å². The highest BCUT2D eigenvalue weighted by Crippen LogP contribution is 2.42. The highest BCUT2D eigenvalue weighted by molar-refractivity contribution is 5.94. The Morgan fingerprint density at radius 3 is 2.40 bits per heavy atom. The Bertz CT molecular complexity index is 1970. The largest absolute Gasteiger partial charge is 0.492 e. The predicted octanol–water partition coefficient (Wildman–Crippen LogP) is 4.63. The van der Waals surface area contributed by atoms with E-state index in [4.69, 9.17) is 42.6 Å². The van der Waals surface area contributed by atoms with Gasteiger partial charge in [0.25, 0.3) is 5.91 Å². The van der Waals surface area contributed by atoms with E-state index in [2.05, 4.69) is 5.32 Å². The molecule has 17 atom stereocenters. The minimum absolute atomic E-state index is 0.0204. The maximum Gasteiger partial charge on any atom is 0.410 e. The Morgan fingerprint density at radius 1 is 1.00 bits per heavy atom. The number of amides is 2. The van der Waals surface area contributed by atoms with Gasteiger partial charge in [0.2, 0.25) is 0 Å². The number of nitrogens with one attached hydrogen (secondary N) is 1. The number of benzene rings is 1. The number of ether oxygens (including phenoxy) is 9. The first kappa shape index (κ1) is 52.2. The van der Waals surface area contributed by atoms with Crippen molar-refractivity contribution in [2.75, 3.05) is 34.3 Å². The van der Waals surface area contributed by atoms with Crippen LogP contribution in [0.5, 0.6) is 0 Å². The van der Waals surface area contributed by atoms with E-state index in [-0.39, 0.29) is 62.6 Å². The summed E-state index contributed by atoms with van der Waals surface area (Å²) in [7, 11) is 5.26. The van der Waals surface area contributed by atoms with Crippen LogP contribution in [0.25, 0.3) is 6.08 Å². The highest BCUT2D eigenvalue weighted by Gasteiger charge is 2.55. The minimum atomic E-state index is -1.45. The lowest BCUT2D eigenvalue weighted by Gasteiger charge is -2.50. The molecule has 0 spiro atoms. The van der Waals surface area contributed by atoms with Crippen molar-refractivity contribution in [1.29, 1.82) is 0 Å². The Morgan fingerprint density at radius 2 is 1.73 bits per heavy atom. The molecule has 4 saturated heterocycles. The zero-order valence-electron chi connectivity index (χ0n) is 41.1. The second-order valence-electron chi connectivity index (χ2n) is 19.8. The number of methoxy groups -OCH3 is 1. The monoisotopic (exact) mass is 944 g/mol. The van der Waals surface area contributed by atoms with E-state index in [1.807, 2.05) is 45.8 Å². The van der Waals surface area contributed by atoms with Gasteiger partial charge >= 0.3 is 18.0 Å². The first-order chi connectivity index (χ1) is 31.6. The van der Waals surface area contributed by atoms with Crippen LogP contribution in [0.3, 0.4) is 0 Å². The van der Waals surface area contributed by atoms with Crippen molar-refractivity contribution in [2.24, 2.45) is 17.8 Å². The van der Waals surface area contributed by atoms with Gasteiger partial charge in [0.1, 0.15) is 35.3 Å². The zero-order valence-corrected chi connectivity index (χ0v) is 41.1. The van der Waals surface area contributed by atoms with Crippen molar-refractivity contribution in [2.45, 2.75) is 179 Å². The molecule has 1 aromatic carbocycles. The number of aliphatic hydroxyl groups is 1. The Labute approximate surface area is 394 Å². The number of carbonyl (C=O) groups is 5. The number of esters is 2. The summed E-state index contributed by atoms with van der Waals surface area (Å²) in [6.45, 7) is 15.8. The molecule has 1 aromatic rings. The molecule has 6 rings (SSSR count). The summed E-state index contributed by atoms with van der Waals surface area (Å²) in [4.78, 5) is 72.3. The molecule has 0 unspecified atom stereocenters. The summed E-state index contributed by atoms with van der Waals surface area (Å²) < 4.78 is 57.8. The van der Waals surface area contributed by atoms with Gasteiger partial charge in [-0.05, 0) is 91.7 Å². The molecule has 5 aliphatic rings. The molecule has 5 heterocycles. The smallest absolute Gasteiger partial charge is 0.410 e. The molecule has 0 aromatic heterocycles. The standard InChI is InChI=1S/C49H73N3O15/c1-13-37-41-35-23-36(54)26(2)24-49(9,60-20-17-32-15-14-16-33(22-32)44(56)50-18-19-52(35)47(58)66-41)42(67-46-39(55)34(51(10)11)21-27(3)61-46)28(4)40(29(5)45(57)64-37)65-38-25-48(8,59-12)43(30(6)62-38)63-31(7)53/h14-17,20,22,26-30,34-35,37-43,46,55H,13,18-19,21,23-25H2,1-12H3,(H,50,56)/b20-17+/t26-,27+,28-,29+,30-,34-,35+,37-,38-,39+,40-,41-,42+,43-,46-,48+,49-/m0/s1. The third-order valence-electron chi connectivity index (χ3n) is 14.4. The van der Waals surface area contributed by atoms with Crippen molar-refractivity contribution in [1.82, 2.24) is 15.1 Å². The molecule has 67 heavy (non-hydrogen) atoms. The molecule has 0 radical (unpaired) electrons. The number of Topliss-reactive ketones (excluding diaryl/α,β-unsaturated/α-hetero) is 1. The van der Waals surface area contributed by atoms with Crippen molar-refractivity contribution < 1.29 is 71.7 Å². The van der Waals surface area contributed by atoms with E-state index >= 15 is 0 Å². The molecule has 5 aliphatic heterocycles. The van der Waals surface area contributed by atoms with Crippen LogP contribution in [0.1, 0.15) is 110 Å². The lowest BCUT2D eigenvalue weighted by atomic mass is 9.76. The Balaban J connectivity index is 1.53. The van der Waals surface area contributed by atoms with Crippen LogP contribution >= 0.6 is 0 Å². The lowest BCUT2D eigenvalue weighted by molar-refractivity contribution is -0.318. The molecule has 4 fully saturated rings. The van der Waals surface area contributed by atoms with Crippen LogP contribution in [0.4, 0.5) is 4.79 Å². The molecule has 0 saturated carbocycles. The summed E-state index contributed by atoms with van der Waals surface area (Å²) in [5, 5.41) is 14.8. The van der Waals surface area contributed by atoms with E-state index in [1.165, 1.54) is 25.2 Å². The molecule has 0 aliphatic carbocycles. The van der Waals surface area contributed by atoms with Gasteiger partial charge in [0, 0.05) is 63.4 Å². The van der Waals surface area contributed by atoms with Crippen molar-refractivity contribution in [3.8, 4) is 0 Å². The van der Waals surface area contributed by atoms with Gasteiger partial charge in [-0.15, -0.1) is 0 Å². The van der Waals surface area contributed by atoms with Crippen molar-refractivity contribution in [3.05, 3.63) is 41.7 Å². The van der Waals surface area contributed by atoms with E-state index in [0.717, 1.165) is 0 Å². The number of fused-ring (bicyclic) bond motifs is 6. The number of likely N-dealkylation sites (N-methyl/N-ethyl adjacent to an activating group) is 1. The van der Waals surface area contributed by atoms with Crippen molar-refractivity contribution in [3.63, 3.8) is 0 Å². The number of hydrogen-bond donors (Lipinski definition) is 2. The average molecular weight is 944 g/mol. The molecule has 374 valence electrons. The molecule has 2 N–H and O–H groups in total. The van der Waals surface area contributed by atoms with E-state index in [0.29, 0.717) is 17.5 Å². The SMILES string of the molecule is CC[C@@H]1OC(=O)[C@H](C)[C@@H](O[C@H]2C[C@@](C)(OC)[C@@H](OC(C)=O)[C@H](C)O2)[C@H](C)[C@@H](O[C@@H]2O[C@H](C)C[C@H](N(C)C)[C@H]2O)[C@]2(C)C[C@H](C)C(=O)C[C@@H]3[C@@H]1OC(=O)N3CCNC(=O)c1cccc(c1)/C=C/O2. The van der Waals surface area contributed by atoms with Crippen LogP contribution < -0.4 is 5.32 Å². The molecular formula is C49H73N3O15. The second kappa shape index (κ2) is 21.6. The minimum Gasteiger partial charge on any atom is -0.492 e. The summed E-state index contributed by atoms with van der Waals surface area (Å²) in [5.41, 5.74) is -1.51. The second-order valence-corrected chi connectivity index (χ2v) is 19.8. The fourth-order valence-corrected chi connectivity index (χ4v) is 10.6. The average Bonchev–Trinajstić information content (AvgIpc) is 3.57. The van der Waals surface area contributed by atoms with E-state index in [1.54, 1.807) is 58.9 Å². The van der Waals surface area contributed by atoms with Gasteiger partial charge in [-0.2, -0.15) is 0 Å². The zero-order chi connectivity index (χ0) is 49.1. The lowest BCUT2D eigenvalue weighted by Crippen LogP contribution is -2.61. The maximum absolute atomic E-state index is 14.8. The molecule has 18 nitrogen and oxygen atoms in total. The number of rotatable bonds is 8. The summed E-state index contributed by atoms with van der Waals surface area (Å²) in [5.74, 6) is -4.38. The Hall–Kier alpha value is -4.17. The molecular weight excluding hydrogens is 871 g/mol. The normalized spacial score (nSPS) is 40.6. The number of nitrogens with zero attached hydrogens (tertiary/aromatic N) is 2. The van der Waals surface area contributed by atoms with Crippen LogP contribution in [-0.4, -0.2) is 164 Å². The number of ketones is 1. The summed E-state index contributed by atoms with van der Waals surface area (Å²) in [6.07, 6.45) is -6.15. The maximum atomic E-state index is 14.8. The predicted molar refractivity (Wildman–Crippen MR) is 242 cm³/mol. The van der Waals surface area contributed by atoms with Crippen LogP contribution in [0, 0.1) is 17.8 Å². The quantitative estimate of drug-likeness (QED) is 0.269. The van der Waals surface area contributed by atoms with E-state index in [9.17, 15) is 29.1 Å². The van der Waals surface area contributed by atoms with Crippen LogP contribution in [0.2, 0.25) is 0 Å². The van der Waals surface area contributed by atoms with Gasteiger partial charge in [0.15, 0.2) is 24.8 Å². The van der Waals surface area contributed by atoms with Crippen molar-refractivity contribution >= 4 is 35.8 Å². The highest BCUT2D eigenvalue weighted by atomic mass is 16.7. The first-order valence-electron chi connectivity index (χ1n) is 23.7. The fraction of sp³-hybridized carbons (Fsp3) is 0.735. The number of carbonyl (C=O) groups excluding carboxylic acids is 5. The third kappa shape index (κ3) is 11.7. The molecule has 18 heteroatoms. The Kier molecular flexibility index (Phi) is 16.9. The summed E-state index contributed by atoms with van der Waals surface area (Å²) in [6, 6.07) is 5.74. The van der Waals surface area contributed by atoms with Gasteiger partial charge in [-0.3, -0.25) is 24.1 Å². The molecule has 2 amide bonds. The third-order valence-corrected chi connectivity index (χ3v) is 14.4. The van der Waals surface area contributed by atoms with Gasteiger partial charge in [-0.25, -0.2) is 4.79 Å². The van der Waals surface area contributed by atoms with Gasteiger partial charge in [0.05, 0.1) is 36.5 Å².